The molecule has 0 aliphatic carbocycles. The number of carbonyl (C=O) groups is 1. The van der Waals surface area contributed by atoms with Crippen LogP contribution in [0.3, 0.4) is 0 Å². The molecule has 1 saturated heterocycles. The summed E-state index contributed by atoms with van der Waals surface area (Å²) in [5.41, 5.74) is 4.39. The van der Waals surface area contributed by atoms with Crippen molar-refractivity contribution in [3.63, 3.8) is 0 Å². The van der Waals surface area contributed by atoms with Crippen LogP contribution in [0.2, 0.25) is 0 Å². The summed E-state index contributed by atoms with van der Waals surface area (Å²) in [5, 5.41) is 15.4. The normalized spacial score (nSPS) is 15.9. The van der Waals surface area contributed by atoms with Crippen LogP contribution in [0.25, 0.3) is 28.0 Å². The van der Waals surface area contributed by atoms with Crippen LogP contribution >= 0.6 is 0 Å². The SMILES string of the molecule is CCNC(=O)c1cncc(-c2cnn3cc(-c4ccn(C)n4)c(NC4CCOC4)nc23)c1. The Bertz CT molecular complexity index is 1270. The molecule has 5 heterocycles. The van der Waals surface area contributed by atoms with E-state index in [0.717, 1.165) is 41.2 Å². The third-order valence-electron chi connectivity index (χ3n) is 5.40. The Labute approximate surface area is 184 Å². The molecular formula is C22H24N8O2. The van der Waals surface area contributed by atoms with Crippen molar-refractivity contribution < 1.29 is 9.53 Å². The van der Waals surface area contributed by atoms with E-state index in [-0.39, 0.29) is 11.9 Å². The van der Waals surface area contributed by atoms with Crippen LogP contribution in [0.4, 0.5) is 5.82 Å². The van der Waals surface area contributed by atoms with Gasteiger partial charge >= 0.3 is 0 Å². The molecule has 1 amide bonds. The van der Waals surface area contributed by atoms with Crippen molar-refractivity contribution in [3.05, 3.63) is 48.7 Å². The molecule has 164 valence electrons. The van der Waals surface area contributed by atoms with E-state index < -0.39 is 0 Å². The Hall–Kier alpha value is -3.79. The zero-order chi connectivity index (χ0) is 22.1. The van der Waals surface area contributed by atoms with E-state index in [1.807, 2.05) is 32.4 Å². The molecule has 0 bridgehead atoms. The predicted octanol–water partition coefficient (Wildman–Crippen LogP) is 2.14. The molecule has 0 spiro atoms. The first kappa shape index (κ1) is 20.1. The molecule has 2 N–H and O–H groups in total. The largest absolute Gasteiger partial charge is 0.379 e. The second-order valence-electron chi connectivity index (χ2n) is 7.73. The van der Waals surface area contributed by atoms with E-state index in [0.29, 0.717) is 24.4 Å². The molecule has 0 aromatic carbocycles. The molecule has 0 radical (unpaired) electrons. The Morgan fingerprint density at radius 1 is 1.28 bits per heavy atom. The maximum Gasteiger partial charge on any atom is 0.252 e. The number of amides is 1. The van der Waals surface area contributed by atoms with Gasteiger partial charge in [0, 0.05) is 56.1 Å². The van der Waals surface area contributed by atoms with Gasteiger partial charge in [-0.15, -0.1) is 0 Å². The average molecular weight is 432 g/mol. The van der Waals surface area contributed by atoms with Gasteiger partial charge in [-0.05, 0) is 25.5 Å². The van der Waals surface area contributed by atoms with Crippen molar-refractivity contribution in [2.75, 3.05) is 25.1 Å². The molecule has 1 aliphatic heterocycles. The van der Waals surface area contributed by atoms with Crippen LogP contribution in [-0.4, -0.2) is 61.1 Å². The fourth-order valence-corrected chi connectivity index (χ4v) is 3.79. The smallest absolute Gasteiger partial charge is 0.252 e. The minimum absolute atomic E-state index is 0.160. The number of aromatic nitrogens is 6. The standard InChI is InChI=1S/C22H24N8O2/c1-3-24-22(31)15-8-14(9-23-10-15)17-11-25-30-12-18(19-4-6-29(2)28-19)20(27-21(17)30)26-16-5-7-32-13-16/h4,6,8-12,16H,3,5,7,13H2,1-2H3,(H,24,31)(H,26,27). The lowest BCUT2D eigenvalue weighted by molar-refractivity contribution is 0.0955. The lowest BCUT2D eigenvalue weighted by atomic mass is 10.1. The first-order valence-electron chi connectivity index (χ1n) is 10.6. The number of hydrogen-bond donors (Lipinski definition) is 2. The van der Waals surface area contributed by atoms with Crippen LogP contribution in [0, 0.1) is 0 Å². The van der Waals surface area contributed by atoms with Gasteiger partial charge in [0.1, 0.15) is 5.82 Å². The summed E-state index contributed by atoms with van der Waals surface area (Å²) >= 11 is 0. The van der Waals surface area contributed by atoms with E-state index in [1.54, 1.807) is 33.9 Å². The highest BCUT2D eigenvalue weighted by atomic mass is 16.5. The highest BCUT2D eigenvalue weighted by Crippen LogP contribution is 2.31. The number of ether oxygens (including phenoxy) is 1. The molecular weight excluding hydrogens is 408 g/mol. The number of nitrogens with one attached hydrogen (secondary N) is 2. The van der Waals surface area contributed by atoms with E-state index in [1.165, 1.54) is 0 Å². The third kappa shape index (κ3) is 3.80. The van der Waals surface area contributed by atoms with Gasteiger partial charge in [-0.3, -0.25) is 14.5 Å². The number of hydrogen-bond acceptors (Lipinski definition) is 7. The molecule has 4 aromatic rings. The lowest BCUT2D eigenvalue weighted by Gasteiger charge is -2.15. The maximum absolute atomic E-state index is 12.3. The van der Waals surface area contributed by atoms with Gasteiger partial charge in [-0.2, -0.15) is 10.2 Å². The molecule has 5 rings (SSSR count). The maximum atomic E-state index is 12.3. The van der Waals surface area contributed by atoms with Crippen molar-refractivity contribution in [3.8, 4) is 22.4 Å². The fourth-order valence-electron chi connectivity index (χ4n) is 3.79. The predicted molar refractivity (Wildman–Crippen MR) is 119 cm³/mol. The second kappa shape index (κ2) is 8.39. The molecule has 32 heavy (non-hydrogen) atoms. The van der Waals surface area contributed by atoms with Gasteiger partial charge in [0.15, 0.2) is 5.65 Å². The summed E-state index contributed by atoms with van der Waals surface area (Å²) in [7, 11) is 1.88. The number of aryl methyl sites for hydroxylation is 1. The van der Waals surface area contributed by atoms with E-state index in [9.17, 15) is 4.79 Å². The summed E-state index contributed by atoms with van der Waals surface area (Å²) in [6.07, 6.45) is 9.75. The first-order chi connectivity index (χ1) is 15.6. The van der Waals surface area contributed by atoms with Gasteiger partial charge in [0.2, 0.25) is 0 Å². The zero-order valence-electron chi connectivity index (χ0n) is 17.9. The number of pyridine rings is 1. The Morgan fingerprint density at radius 2 is 2.19 bits per heavy atom. The Kier molecular flexibility index (Phi) is 5.28. The van der Waals surface area contributed by atoms with E-state index in [4.69, 9.17) is 9.72 Å². The van der Waals surface area contributed by atoms with E-state index in [2.05, 4.69) is 25.8 Å². The van der Waals surface area contributed by atoms with Gasteiger partial charge in [-0.25, -0.2) is 9.50 Å². The number of anilines is 1. The van der Waals surface area contributed by atoms with Crippen LogP contribution in [0.5, 0.6) is 0 Å². The molecule has 10 nitrogen and oxygen atoms in total. The molecule has 4 aromatic heterocycles. The summed E-state index contributed by atoms with van der Waals surface area (Å²) < 4.78 is 9.02. The van der Waals surface area contributed by atoms with Crippen LogP contribution in [0.15, 0.2) is 43.1 Å². The van der Waals surface area contributed by atoms with Crippen molar-refractivity contribution in [1.82, 2.24) is 34.7 Å². The number of nitrogens with zero attached hydrogens (tertiary/aromatic N) is 6. The van der Waals surface area contributed by atoms with Gasteiger partial charge in [0.05, 0.1) is 35.7 Å². The highest BCUT2D eigenvalue weighted by molar-refractivity contribution is 5.95. The topological polar surface area (TPSA) is 111 Å². The summed E-state index contributed by atoms with van der Waals surface area (Å²) in [6, 6.07) is 3.94. The summed E-state index contributed by atoms with van der Waals surface area (Å²) in [4.78, 5) is 21.4. The first-order valence-corrected chi connectivity index (χ1v) is 10.6. The zero-order valence-corrected chi connectivity index (χ0v) is 17.9. The lowest BCUT2D eigenvalue weighted by Crippen LogP contribution is -2.22. The van der Waals surface area contributed by atoms with Crippen molar-refractivity contribution in [2.24, 2.45) is 7.05 Å². The van der Waals surface area contributed by atoms with Gasteiger partial charge in [-0.1, -0.05) is 0 Å². The molecule has 1 atom stereocenters. The molecule has 0 saturated carbocycles. The quantitative estimate of drug-likeness (QED) is 0.480. The molecule has 1 aliphatic rings. The Balaban J connectivity index is 1.60. The van der Waals surface area contributed by atoms with Gasteiger partial charge < -0.3 is 15.4 Å². The minimum atomic E-state index is -0.160. The van der Waals surface area contributed by atoms with E-state index >= 15 is 0 Å². The molecule has 1 fully saturated rings. The monoisotopic (exact) mass is 432 g/mol. The fraction of sp³-hybridized carbons (Fsp3) is 0.318. The number of carbonyl (C=O) groups excluding carboxylic acids is 1. The van der Waals surface area contributed by atoms with Crippen molar-refractivity contribution >= 4 is 17.4 Å². The third-order valence-corrected chi connectivity index (χ3v) is 5.40. The molecule has 1 unspecified atom stereocenters. The summed E-state index contributed by atoms with van der Waals surface area (Å²) in [6.45, 7) is 3.80. The van der Waals surface area contributed by atoms with Crippen LogP contribution < -0.4 is 10.6 Å². The highest BCUT2D eigenvalue weighted by Gasteiger charge is 2.21. The Morgan fingerprint density at radius 3 is 2.94 bits per heavy atom. The molecule has 10 heteroatoms. The number of fused-ring (bicyclic) bond motifs is 1. The van der Waals surface area contributed by atoms with Crippen molar-refractivity contribution in [1.29, 1.82) is 0 Å². The van der Waals surface area contributed by atoms with Gasteiger partial charge in [0.25, 0.3) is 5.91 Å². The summed E-state index contributed by atoms with van der Waals surface area (Å²) in [5.74, 6) is 0.564. The minimum Gasteiger partial charge on any atom is -0.379 e. The van der Waals surface area contributed by atoms with Crippen molar-refractivity contribution in [2.45, 2.75) is 19.4 Å². The van der Waals surface area contributed by atoms with Crippen LogP contribution in [0.1, 0.15) is 23.7 Å². The van der Waals surface area contributed by atoms with Crippen LogP contribution in [-0.2, 0) is 11.8 Å². The average Bonchev–Trinajstić information content (AvgIpc) is 3.55. The second-order valence-corrected chi connectivity index (χ2v) is 7.73. The number of rotatable bonds is 6.